The van der Waals surface area contributed by atoms with Gasteiger partial charge in [-0.1, -0.05) is 5.16 Å². The van der Waals surface area contributed by atoms with Crippen LogP contribution >= 0.6 is 0 Å². The molecule has 5 aromatic heterocycles. The number of anilines is 3. The van der Waals surface area contributed by atoms with E-state index in [0.717, 1.165) is 55.0 Å². The molecule has 11 nitrogen and oxygen atoms in total. The molecule has 6 rings (SSSR count). The Labute approximate surface area is 212 Å². The van der Waals surface area contributed by atoms with Gasteiger partial charge in [0.15, 0.2) is 17.2 Å². The number of carbonyl (C=O) groups excluding carboxylic acids is 1. The summed E-state index contributed by atoms with van der Waals surface area (Å²) >= 11 is 0. The maximum Gasteiger partial charge on any atom is 0.401 e. The zero-order valence-electron chi connectivity index (χ0n) is 20.2. The van der Waals surface area contributed by atoms with Crippen LogP contribution in [0.1, 0.15) is 38.5 Å². The molecule has 5 aromatic rings. The van der Waals surface area contributed by atoms with Crippen LogP contribution in [0.3, 0.4) is 0 Å². The molecule has 0 unspecified atom stereocenters. The van der Waals surface area contributed by atoms with E-state index >= 15 is 0 Å². The first-order chi connectivity index (χ1) is 18.0. The largest absolute Gasteiger partial charge is 0.401 e. The number of urea groups is 1. The number of nitrogens with one attached hydrogen (secondary N) is 2. The molecule has 1 aliphatic carbocycles. The first kappa shape index (κ1) is 23.8. The molecule has 0 bridgehead atoms. The SMILES string of the molecule is CC(C)(c1cc(NC(=O)Nc2ccc(-c3cn(C4CC4)c4ncnc(N)c34)n3ccnc23)no1)C(F)(F)F. The molecule has 0 spiro atoms. The Balaban J connectivity index is 1.29. The molecule has 0 atom stereocenters. The van der Waals surface area contributed by atoms with Crippen molar-refractivity contribution in [2.45, 2.75) is 44.3 Å². The van der Waals surface area contributed by atoms with Crippen molar-refractivity contribution in [1.82, 2.24) is 29.1 Å². The highest BCUT2D eigenvalue weighted by Gasteiger charge is 2.51. The van der Waals surface area contributed by atoms with E-state index in [-0.39, 0.29) is 5.82 Å². The van der Waals surface area contributed by atoms with Gasteiger partial charge in [0.05, 0.1) is 16.8 Å². The zero-order valence-corrected chi connectivity index (χ0v) is 20.2. The second-order valence-electron chi connectivity index (χ2n) is 9.67. The molecular weight excluding hydrogens is 503 g/mol. The number of nitrogens with two attached hydrogens (primary N) is 1. The van der Waals surface area contributed by atoms with Gasteiger partial charge in [0, 0.05) is 36.3 Å². The third-order valence-corrected chi connectivity index (χ3v) is 6.73. The van der Waals surface area contributed by atoms with Gasteiger partial charge in [-0.05, 0) is 38.8 Å². The van der Waals surface area contributed by atoms with Gasteiger partial charge in [0.1, 0.15) is 23.2 Å². The molecule has 38 heavy (non-hydrogen) atoms. The second-order valence-corrected chi connectivity index (χ2v) is 9.67. The fourth-order valence-electron chi connectivity index (χ4n) is 4.30. The summed E-state index contributed by atoms with van der Waals surface area (Å²) in [5, 5.41) is 9.34. The average molecular weight is 525 g/mol. The van der Waals surface area contributed by atoms with Crippen LogP contribution in [0, 0.1) is 0 Å². The van der Waals surface area contributed by atoms with Gasteiger partial charge >= 0.3 is 12.2 Å². The molecule has 2 amide bonds. The Morgan fingerprint density at radius 2 is 1.92 bits per heavy atom. The van der Waals surface area contributed by atoms with Crippen molar-refractivity contribution < 1.29 is 22.5 Å². The highest BCUT2D eigenvalue weighted by molar-refractivity contribution is 6.03. The maximum absolute atomic E-state index is 13.3. The molecule has 5 heterocycles. The first-order valence-corrected chi connectivity index (χ1v) is 11.7. The Hall–Kier alpha value is -4.62. The lowest BCUT2D eigenvalue weighted by Gasteiger charge is -2.24. The number of imidazole rings is 1. The summed E-state index contributed by atoms with van der Waals surface area (Å²) in [6.07, 6.45) is 4.36. The summed E-state index contributed by atoms with van der Waals surface area (Å²) in [7, 11) is 0. The van der Waals surface area contributed by atoms with Gasteiger partial charge in [-0.25, -0.2) is 19.7 Å². The summed E-state index contributed by atoms with van der Waals surface area (Å²) < 4.78 is 48.6. The Kier molecular flexibility index (Phi) is 5.12. The van der Waals surface area contributed by atoms with Crippen molar-refractivity contribution >= 4 is 40.0 Å². The number of nitrogens with zero attached hydrogens (tertiary/aromatic N) is 6. The number of rotatable bonds is 5. The minimum atomic E-state index is -4.55. The Morgan fingerprint density at radius 1 is 1.13 bits per heavy atom. The van der Waals surface area contributed by atoms with Crippen molar-refractivity contribution in [2.24, 2.45) is 0 Å². The minimum absolute atomic E-state index is 0.158. The molecule has 1 aliphatic rings. The van der Waals surface area contributed by atoms with Crippen LogP contribution in [-0.2, 0) is 5.41 Å². The highest BCUT2D eigenvalue weighted by Crippen LogP contribution is 2.43. The van der Waals surface area contributed by atoms with Gasteiger partial charge in [-0.3, -0.25) is 9.72 Å². The van der Waals surface area contributed by atoms with Gasteiger partial charge in [0.2, 0.25) is 0 Å². The number of amides is 2. The third kappa shape index (κ3) is 3.79. The Morgan fingerprint density at radius 3 is 2.66 bits per heavy atom. The summed E-state index contributed by atoms with van der Waals surface area (Å²) in [6.45, 7) is 1.94. The molecular formula is C24H22F3N9O2. The molecule has 0 saturated heterocycles. The van der Waals surface area contributed by atoms with E-state index < -0.39 is 23.4 Å². The number of alkyl halides is 3. The summed E-state index contributed by atoms with van der Waals surface area (Å²) in [5.41, 5.74) is 7.13. The topological polar surface area (TPSA) is 141 Å². The van der Waals surface area contributed by atoms with Crippen molar-refractivity contribution in [3.8, 4) is 11.3 Å². The highest BCUT2D eigenvalue weighted by atomic mass is 19.4. The van der Waals surface area contributed by atoms with Gasteiger partial charge in [-0.15, -0.1) is 0 Å². The van der Waals surface area contributed by atoms with Crippen molar-refractivity contribution in [1.29, 1.82) is 0 Å². The number of carbonyl (C=O) groups is 1. The lowest BCUT2D eigenvalue weighted by Crippen LogP contribution is -2.35. The van der Waals surface area contributed by atoms with E-state index in [9.17, 15) is 18.0 Å². The van der Waals surface area contributed by atoms with Crippen molar-refractivity contribution in [2.75, 3.05) is 16.4 Å². The van der Waals surface area contributed by atoms with Crippen LogP contribution < -0.4 is 16.4 Å². The van der Waals surface area contributed by atoms with E-state index in [1.165, 1.54) is 6.33 Å². The lowest BCUT2D eigenvalue weighted by molar-refractivity contribution is -0.185. The molecule has 4 N–H and O–H groups in total. The van der Waals surface area contributed by atoms with E-state index in [4.69, 9.17) is 10.3 Å². The molecule has 1 fully saturated rings. The van der Waals surface area contributed by atoms with Crippen LogP contribution in [0.5, 0.6) is 0 Å². The van der Waals surface area contributed by atoms with Crippen LogP contribution in [0.15, 0.2) is 47.6 Å². The van der Waals surface area contributed by atoms with Crippen LogP contribution in [0.2, 0.25) is 0 Å². The third-order valence-electron chi connectivity index (χ3n) is 6.73. The van der Waals surface area contributed by atoms with Gasteiger partial charge in [0.25, 0.3) is 0 Å². The maximum atomic E-state index is 13.3. The number of pyridine rings is 1. The quantitative estimate of drug-likeness (QED) is 0.289. The van der Waals surface area contributed by atoms with Crippen LogP contribution in [0.4, 0.5) is 35.3 Å². The normalized spacial score (nSPS) is 14.3. The number of nitrogen functional groups attached to an aromatic ring is 1. The second kappa shape index (κ2) is 8.19. The number of aromatic nitrogens is 6. The summed E-state index contributed by atoms with van der Waals surface area (Å²) in [5.74, 6) is -0.219. The number of fused-ring (bicyclic) bond motifs is 2. The average Bonchev–Trinajstić information content (AvgIpc) is 3.24. The minimum Gasteiger partial charge on any atom is -0.383 e. The van der Waals surface area contributed by atoms with Crippen molar-refractivity contribution in [3.63, 3.8) is 0 Å². The molecule has 0 aliphatic heterocycles. The first-order valence-electron chi connectivity index (χ1n) is 11.7. The lowest BCUT2D eigenvalue weighted by atomic mass is 9.89. The van der Waals surface area contributed by atoms with Gasteiger partial charge < -0.3 is 20.1 Å². The van der Waals surface area contributed by atoms with E-state index in [0.29, 0.717) is 23.2 Å². The monoisotopic (exact) mass is 525 g/mol. The zero-order chi connectivity index (χ0) is 26.8. The molecule has 1 saturated carbocycles. The van der Waals surface area contributed by atoms with Crippen LogP contribution in [-0.4, -0.2) is 41.3 Å². The van der Waals surface area contributed by atoms with E-state index in [2.05, 4.69) is 35.3 Å². The fourth-order valence-corrected chi connectivity index (χ4v) is 4.30. The molecule has 0 radical (unpaired) electrons. The summed E-state index contributed by atoms with van der Waals surface area (Å²) in [6, 6.07) is 4.17. The van der Waals surface area contributed by atoms with Crippen LogP contribution in [0.25, 0.3) is 27.9 Å². The van der Waals surface area contributed by atoms with E-state index in [1.54, 1.807) is 22.9 Å². The predicted molar refractivity (Wildman–Crippen MR) is 133 cm³/mol. The summed E-state index contributed by atoms with van der Waals surface area (Å²) in [4.78, 5) is 25.7. The predicted octanol–water partition coefficient (Wildman–Crippen LogP) is 5.14. The molecule has 0 aromatic carbocycles. The van der Waals surface area contributed by atoms with Gasteiger partial charge in [-0.2, -0.15) is 13.2 Å². The fraction of sp³-hybridized carbons (Fsp3) is 0.292. The number of hydrogen-bond donors (Lipinski definition) is 3. The molecule has 196 valence electrons. The standard InChI is InChI=1S/C24H22F3N9O2/c1-23(2,24(25,26)27)16-9-17(34-38-16)33-22(37)32-14-5-6-15(35-8-7-29-20(14)35)13-10-36(12-3-4-12)21-18(13)19(28)30-11-31-21/h5-12H,3-4H2,1-2H3,(H2,28,30,31)(H2,32,33,34,37). The Bertz CT molecular complexity index is 1700. The smallest absolute Gasteiger partial charge is 0.383 e. The van der Waals surface area contributed by atoms with Crippen molar-refractivity contribution in [3.05, 3.63) is 48.9 Å². The van der Waals surface area contributed by atoms with E-state index in [1.807, 2.05) is 12.3 Å². The molecule has 14 heteroatoms. The number of hydrogen-bond acceptors (Lipinski definition) is 7. The number of halogens is 3.